The Balaban J connectivity index is 1.39. The molecule has 1 aromatic carbocycles. The van der Waals surface area contributed by atoms with Gasteiger partial charge in [0, 0.05) is 42.7 Å². The summed E-state index contributed by atoms with van der Waals surface area (Å²) in [5.41, 5.74) is 1.03. The van der Waals surface area contributed by atoms with Crippen LogP contribution >= 0.6 is 11.6 Å². The smallest absolute Gasteiger partial charge is 0.276 e. The first kappa shape index (κ1) is 19.9. The van der Waals surface area contributed by atoms with Gasteiger partial charge in [0.15, 0.2) is 11.6 Å². The highest BCUT2D eigenvalue weighted by Crippen LogP contribution is 2.30. The standard InChI is InChI=1S/C21H24ClN3O4/c1-14-18(21(27)25-10-12-28-13-11-25)23-19(29-14)15-6-8-24(9-7-15)20(26)16-2-4-17(22)5-3-16/h2-5,15H,6-13H2,1H3. The van der Waals surface area contributed by atoms with Crippen LogP contribution in [0.25, 0.3) is 0 Å². The Hall–Kier alpha value is -2.38. The molecule has 0 saturated carbocycles. The molecule has 0 spiro atoms. The maximum absolute atomic E-state index is 12.7. The highest BCUT2D eigenvalue weighted by atomic mass is 35.5. The minimum absolute atomic E-state index is 0.00638. The fraction of sp³-hybridized carbons (Fsp3) is 0.476. The van der Waals surface area contributed by atoms with E-state index < -0.39 is 0 Å². The summed E-state index contributed by atoms with van der Waals surface area (Å²) in [6.45, 7) is 5.28. The lowest BCUT2D eigenvalue weighted by molar-refractivity contribution is 0.0298. The molecular weight excluding hydrogens is 394 g/mol. The first-order chi connectivity index (χ1) is 14.0. The van der Waals surface area contributed by atoms with E-state index in [2.05, 4.69) is 4.98 Å². The number of morpholine rings is 1. The van der Waals surface area contributed by atoms with Gasteiger partial charge in [-0.25, -0.2) is 4.98 Å². The third-order valence-electron chi connectivity index (χ3n) is 5.54. The molecule has 154 valence electrons. The molecule has 1 aromatic heterocycles. The highest BCUT2D eigenvalue weighted by molar-refractivity contribution is 6.30. The third-order valence-corrected chi connectivity index (χ3v) is 5.79. The zero-order valence-corrected chi connectivity index (χ0v) is 17.2. The molecule has 2 amide bonds. The molecule has 0 N–H and O–H groups in total. The minimum atomic E-state index is -0.101. The van der Waals surface area contributed by atoms with Crippen LogP contribution in [0.4, 0.5) is 0 Å². The average Bonchev–Trinajstić information content (AvgIpc) is 3.15. The zero-order chi connectivity index (χ0) is 20.4. The van der Waals surface area contributed by atoms with Gasteiger partial charge < -0.3 is 19.0 Å². The molecule has 4 rings (SSSR count). The second-order valence-corrected chi connectivity index (χ2v) is 7.87. The van der Waals surface area contributed by atoms with Crippen LogP contribution in [0.1, 0.15) is 51.3 Å². The predicted molar refractivity (Wildman–Crippen MR) is 107 cm³/mol. The van der Waals surface area contributed by atoms with Crippen LogP contribution < -0.4 is 0 Å². The number of halogens is 1. The van der Waals surface area contributed by atoms with Crippen LogP contribution in [-0.2, 0) is 4.74 Å². The number of ether oxygens (including phenoxy) is 1. The normalized spacial score (nSPS) is 18.1. The number of oxazole rings is 1. The number of hydrogen-bond acceptors (Lipinski definition) is 5. The van der Waals surface area contributed by atoms with Crippen molar-refractivity contribution in [3.05, 3.63) is 52.2 Å². The molecule has 0 aliphatic carbocycles. The third kappa shape index (κ3) is 4.31. The van der Waals surface area contributed by atoms with Gasteiger partial charge in [-0.1, -0.05) is 11.6 Å². The Morgan fingerprint density at radius 3 is 2.28 bits per heavy atom. The summed E-state index contributed by atoms with van der Waals surface area (Å²) in [6, 6.07) is 6.95. The molecule has 2 saturated heterocycles. The lowest BCUT2D eigenvalue weighted by Crippen LogP contribution is -2.41. The van der Waals surface area contributed by atoms with E-state index in [1.165, 1.54) is 0 Å². The number of carbonyl (C=O) groups is 2. The number of rotatable bonds is 3. The fourth-order valence-corrected chi connectivity index (χ4v) is 3.94. The monoisotopic (exact) mass is 417 g/mol. The van der Waals surface area contributed by atoms with Crippen LogP contribution in [0.5, 0.6) is 0 Å². The van der Waals surface area contributed by atoms with Gasteiger partial charge in [-0.05, 0) is 44.0 Å². The number of nitrogens with zero attached hydrogens (tertiary/aromatic N) is 3. The van der Waals surface area contributed by atoms with Gasteiger partial charge in [-0.2, -0.15) is 0 Å². The molecule has 0 unspecified atom stereocenters. The number of aromatic nitrogens is 1. The Kier molecular flexibility index (Phi) is 5.87. The van der Waals surface area contributed by atoms with E-state index >= 15 is 0 Å². The van der Waals surface area contributed by atoms with Crippen molar-refractivity contribution in [1.82, 2.24) is 14.8 Å². The second kappa shape index (κ2) is 8.55. The van der Waals surface area contributed by atoms with Gasteiger partial charge >= 0.3 is 0 Å². The van der Waals surface area contributed by atoms with Gasteiger partial charge in [-0.15, -0.1) is 0 Å². The van der Waals surface area contributed by atoms with Crippen LogP contribution in [0.15, 0.2) is 28.7 Å². The van der Waals surface area contributed by atoms with Crippen molar-refractivity contribution in [2.24, 2.45) is 0 Å². The maximum Gasteiger partial charge on any atom is 0.276 e. The Morgan fingerprint density at radius 1 is 1.00 bits per heavy atom. The lowest BCUT2D eigenvalue weighted by Gasteiger charge is -2.30. The van der Waals surface area contributed by atoms with Crippen molar-refractivity contribution in [3.63, 3.8) is 0 Å². The summed E-state index contributed by atoms with van der Waals surface area (Å²) in [7, 11) is 0. The van der Waals surface area contributed by atoms with E-state index in [1.807, 2.05) is 4.90 Å². The molecule has 29 heavy (non-hydrogen) atoms. The van der Waals surface area contributed by atoms with E-state index in [-0.39, 0.29) is 17.7 Å². The SMILES string of the molecule is Cc1oc(C2CCN(C(=O)c3ccc(Cl)cc3)CC2)nc1C(=O)N1CCOCC1. The van der Waals surface area contributed by atoms with E-state index in [1.54, 1.807) is 36.1 Å². The molecular formula is C21H24ClN3O4. The topological polar surface area (TPSA) is 75.9 Å². The number of piperidine rings is 1. The van der Waals surface area contributed by atoms with E-state index in [0.717, 1.165) is 12.8 Å². The Bertz CT molecular complexity index is 882. The van der Waals surface area contributed by atoms with Crippen molar-refractivity contribution in [2.75, 3.05) is 39.4 Å². The molecule has 2 fully saturated rings. The molecule has 8 heteroatoms. The second-order valence-electron chi connectivity index (χ2n) is 7.43. The number of aryl methyl sites for hydroxylation is 1. The van der Waals surface area contributed by atoms with E-state index in [0.29, 0.717) is 67.3 Å². The van der Waals surface area contributed by atoms with Crippen molar-refractivity contribution in [1.29, 1.82) is 0 Å². The number of benzene rings is 1. The molecule has 0 atom stereocenters. The summed E-state index contributed by atoms with van der Waals surface area (Å²) >= 11 is 5.90. The minimum Gasteiger partial charge on any atom is -0.445 e. The van der Waals surface area contributed by atoms with Crippen LogP contribution in [0, 0.1) is 6.92 Å². The molecule has 2 aliphatic heterocycles. The first-order valence-electron chi connectivity index (χ1n) is 9.92. The summed E-state index contributed by atoms with van der Waals surface area (Å²) in [4.78, 5) is 33.5. The molecule has 0 radical (unpaired) electrons. The van der Waals surface area contributed by atoms with E-state index in [4.69, 9.17) is 20.8 Å². The summed E-state index contributed by atoms with van der Waals surface area (Å²) in [6.07, 6.45) is 1.51. The molecule has 7 nitrogen and oxygen atoms in total. The number of carbonyl (C=O) groups excluding carboxylic acids is 2. The van der Waals surface area contributed by atoms with Crippen LogP contribution in [-0.4, -0.2) is 66.0 Å². The number of likely N-dealkylation sites (tertiary alicyclic amines) is 1. The number of amides is 2. The molecule has 3 heterocycles. The largest absolute Gasteiger partial charge is 0.445 e. The van der Waals surface area contributed by atoms with Crippen molar-refractivity contribution < 1.29 is 18.7 Å². The van der Waals surface area contributed by atoms with Gasteiger partial charge in [0.2, 0.25) is 0 Å². The van der Waals surface area contributed by atoms with Crippen LogP contribution in [0.2, 0.25) is 5.02 Å². The quantitative estimate of drug-likeness (QED) is 0.766. The molecule has 2 aliphatic rings. The summed E-state index contributed by atoms with van der Waals surface area (Å²) in [5, 5.41) is 0.613. The maximum atomic E-state index is 12.7. The predicted octanol–water partition coefficient (Wildman–Crippen LogP) is 3.13. The summed E-state index contributed by atoms with van der Waals surface area (Å²) in [5.74, 6) is 1.16. The van der Waals surface area contributed by atoms with Gasteiger partial charge in [-0.3, -0.25) is 9.59 Å². The van der Waals surface area contributed by atoms with Crippen molar-refractivity contribution in [2.45, 2.75) is 25.7 Å². The zero-order valence-electron chi connectivity index (χ0n) is 16.4. The van der Waals surface area contributed by atoms with Gasteiger partial charge in [0.25, 0.3) is 11.8 Å². The van der Waals surface area contributed by atoms with Crippen molar-refractivity contribution >= 4 is 23.4 Å². The number of hydrogen-bond donors (Lipinski definition) is 0. The Labute approximate surface area is 174 Å². The van der Waals surface area contributed by atoms with E-state index in [9.17, 15) is 9.59 Å². The highest BCUT2D eigenvalue weighted by Gasteiger charge is 2.30. The van der Waals surface area contributed by atoms with Gasteiger partial charge in [0.05, 0.1) is 13.2 Å². The fourth-order valence-electron chi connectivity index (χ4n) is 3.81. The lowest BCUT2D eigenvalue weighted by atomic mass is 9.96. The average molecular weight is 418 g/mol. The first-order valence-corrected chi connectivity index (χ1v) is 10.3. The molecule has 2 aromatic rings. The van der Waals surface area contributed by atoms with Gasteiger partial charge in [0.1, 0.15) is 5.76 Å². The van der Waals surface area contributed by atoms with Crippen LogP contribution in [0.3, 0.4) is 0 Å². The summed E-state index contributed by atoms with van der Waals surface area (Å²) < 4.78 is 11.2. The van der Waals surface area contributed by atoms with Crippen molar-refractivity contribution in [3.8, 4) is 0 Å². The molecule has 0 bridgehead atoms. The Morgan fingerprint density at radius 2 is 1.62 bits per heavy atom.